The minimum atomic E-state index is -0.251. The quantitative estimate of drug-likeness (QED) is 0.596. The number of quaternary nitrogens is 1. The molecule has 1 aromatic rings. The molecule has 0 unspecified atom stereocenters. The van der Waals surface area contributed by atoms with Crippen molar-refractivity contribution in [2.75, 3.05) is 51.3 Å². The lowest BCUT2D eigenvalue weighted by atomic mass is 9.84. The number of aryl methyl sites for hydroxylation is 1. The van der Waals surface area contributed by atoms with Gasteiger partial charge in [-0.15, -0.1) is 0 Å². The zero-order valence-electron chi connectivity index (χ0n) is 19.3. The molecule has 0 bridgehead atoms. The number of hydrogen-bond donors (Lipinski definition) is 2. The Morgan fingerprint density at radius 2 is 2.00 bits per heavy atom. The number of carbonyl (C=O) groups is 2. The van der Waals surface area contributed by atoms with Gasteiger partial charge >= 0.3 is 0 Å². The van der Waals surface area contributed by atoms with E-state index in [1.807, 2.05) is 0 Å². The molecule has 1 saturated heterocycles. The molecule has 0 saturated carbocycles. The number of morpholine rings is 1. The smallest absolute Gasteiger partial charge is 0.245 e. The third-order valence-electron chi connectivity index (χ3n) is 5.22. The van der Waals surface area contributed by atoms with Gasteiger partial charge in [-0.25, -0.2) is 0 Å². The Morgan fingerprint density at radius 3 is 2.60 bits per heavy atom. The molecular weight excluding hydrogens is 384 g/mol. The summed E-state index contributed by atoms with van der Waals surface area (Å²) in [7, 11) is 0. The van der Waals surface area contributed by atoms with Crippen LogP contribution in [0.15, 0.2) is 10.6 Å². The topological polar surface area (TPSA) is 89.1 Å². The van der Waals surface area contributed by atoms with Crippen LogP contribution >= 0.6 is 0 Å². The highest BCUT2D eigenvalue weighted by Crippen LogP contribution is 2.26. The number of amides is 2. The van der Waals surface area contributed by atoms with Crippen molar-refractivity contribution in [3.8, 4) is 0 Å². The Bertz CT molecular complexity index is 677. The third-order valence-corrected chi connectivity index (χ3v) is 5.22. The van der Waals surface area contributed by atoms with Crippen molar-refractivity contribution in [1.82, 2.24) is 10.1 Å². The minimum Gasteiger partial charge on any atom is -0.370 e. The molecule has 0 aromatic carbocycles. The summed E-state index contributed by atoms with van der Waals surface area (Å²) in [5.41, 5.74) is 0.173. The van der Waals surface area contributed by atoms with E-state index < -0.39 is 0 Å². The number of rotatable bonds is 10. The van der Waals surface area contributed by atoms with E-state index in [-0.39, 0.29) is 29.7 Å². The average Bonchev–Trinajstić information content (AvgIpc) is 3.04. The molecule has 2 rings (SSSR count). The summed E-state index contributed by atoms with van der Waals surface area (Å²) < 4.78 is 10.4. The van der Waals surface area contributed by atoms with Crippen molar-refractivity contribution in [2.24, 2.45) is 11.3 Å². The van der Waals surface area contributed by atoms with Gasteiger partial charge in [-0.3, -0.25) is 9.59 Å². The van der Waals surface area contributed by atoms with Crippen molar-refractivity contribution in [1.29, 1.82) is 0 Å². The van der Waals surface area contributed by atoms with Crippen LogP contribution < -0.4 is 10.2 Å². The van der Waals surface area contributed by atoms with Crippen LogP contribution in [0.2, 0.25) is 0 Å². The Balaban J connectivity index is 1.91. The summed E-state index contributed by atoms with van der Waals surface area (Å²) in [6.07, 6.45) is 2.29. The van der Waals surface area contributed by atoms with Crippen LogP contribution in [-0.4, -0.2) is 67.8 Å². The standard InChI is InChI=1S/C22H38N4O4/c1-17(15-22(3,4)5)13-21(28)26(8-6-7-25-9-11-29-12-10-25)16-20(27)23-19-14-18(2)30-24-19/h14,17H,6-13,15-16H2,1-5H3,(H,23,24,27)/p+1/t17-/m0/s1. The van der Waals surface area contributed by atoms with Crippen LogP contribution in [0.3, 0.4) is 0 Å². The van der Waals surface area contributed by atoms with Crippen molar-refractivity contribution in [3.05, 3.63) is 11.8 Å². The van der Waals surface area contributed by atoms with Crippen LogP contribution in [0.5, 0.6) is 0 Å². The van der Waals surface area contributed by atoms with E-state index in [0.717, 1.165) is 45.7 Å². The lowest BCUT2D eigenvalue weighted by molar-refractivity contribution is -0.908. The Morgan fingerprint density at radius 1 is 1.30 bits per heavy atom. The summed E-state index contributed by atoms with van der Waals surface area (Å²) in [6.45, 7) is 15.6. The summed E-state index contributed by atoms with van der Waals surface area (Å²) in [4.78, 5) is 28.7. The van der Waals surface area contributed by atoms with Gasteiger partial charge in [-0.2, -0.15) is 0 Å². The fourth-order valence-corrected chi connectivity index (χ4v) is 4.05. The van der Waals surface area contributed by atoms with Crippen molar-refractivity contribution in [3.63, 3.8) is 0 Å². The summed E-state index contributed by atoms with van der Waals surface area (Å²) in [5, 5.41) is 6.51. The van der Waals surface area contributed by atoms with E-state index in [1.165, 1.54) is 4.90 Å². The Hall–Kier alpha value is -1.93. The maximum absolute atomic E-state index is 13.0. The minimum absolute atomic E-state index is 0.0332. The van der Waals surface area contributed by atoms with Crippen LogP contribution in [0.1, 0.15) is 52.7 Å². The molecule has 2 N–H and O–H groups in total. The molecule has 8 heteroatoms. The number of ether oxygens (including phenoxy) is 1. The van der Waals surface area contributed by atoms with Gasteiger partial charge in [-0.05, 0) is 24.7 Å². The summed E-state index contributed by atoms with van der Waals surface area (Å²) in [6, 6.07) is 1.66. The number of aromatic nitrogens is 1. The lowest BCUT2D eigenvalue weighted by Gasteiger charge is -2.28. The van der Waals surface area contributed by atoms with Crippen LogP contribution in [0.4, 0.5) is 5.82 Å². The molecule has 30 heavy (non-hydrogen) atoms. The van der Waals surface area contributed by atoms with Crippen LogP contribution in [0, 0.1) is 18.3 Å². The molecular formula is C22H39N4O4+. The highest BCUT2D eigenvalue weighted by Gasteiger charge is 2.23. The predicted octanol–water partition coefficient (Wildman–Crippen LogP) is 1.52. The molecule has 2 amide bonds. The summed E-state index contributed by atoms with van der Waals surface area (Å²) >= 11 is 0. The Kier molecular flexibility index (Phi) is 9.30. The number of anilines is 1. The van der Waals surface area contributed by atoms with Crippen molar-refractivity contribution in [2.45, 2.75) is 53.9 Å². The van der Waals surface area contributed by atoms with Gasteiger partial charge < -0.3 is 24.4 Å². The van der Waals surface area contributed by atoms with E-state index in [4.69, 9.17) is 9.26 Å². The van der Waals surface area contributed by atoms with E-state index in [1.54, 1.807) is 17.9 Å². The second kappa shape index (κ2) is 11.5. The van der Waals surface area contributed by atoms with Gasteiger partial charge in [0, 0.05) is 25.5 Å². The highest BCUT2D eigenvalue weighted by atomic mass is 16.5. The van der Waals surface area contributed by atoms with Crippen LogP contribution in [0.25, 0.3) is 0 Å². The van der Waals surface area contributed by atoms with Gasteiger partial charge in [0.1, 0.15) is 18.8 Å². The molecule has 0 aliphatic carbocycles. The van der Waals surface area contributed by atoms with Gasteiger partial charge in [0.05, 0.1) is 26.3 Å². The molecule has 1 atom stereocenters. The van der Waals surface area contributed by atoms with E-state index in [2.05, 4.69) is 38.2 Å². The SMILES string of the molecule is Cc1cc(NC(=O)CN(CCC[NH+]2CCOCC2)C(=O)C[C@H](C)CC(C)(C)C)no1. The fourth-order valence-electron chi connectivity index (χ4n) is 4.05. The second-order valence-electron chi connectivity index (χ2n) is 9.73. The normalized spacial score (nSPS) is 16.3. The van der Waals surface area contributed by atoms with Gasteiger partial charge in [0.15, 0.2) is 5.82 Å². The molecule has 1 fully saturated rings. The van der Waals surface area contributed by atoms with E-state index in [0.29, 0.717) is 24.5 Å². The average molecular weight is 424 g/mol. The first-order valence-corrected chi connectivity index (χ1v) is 11.0. The first-order chi connectivity index (χ1) is 14.1. The van der Waals surface area contributed by atoms with Gasteiger partial charge in [-0.1, -0.05) is 32.9 Å². The second-order valence-corrected chi connectivity index (χ2v) is 9.73. The highest BCUT2D eigenvalue weighted by molar-refractivity contribution is 5.93. The van der Waals surface area contributed by atoms with Crippen molar-refractivity contribution < 1.29 is 23.7 Å². The first-order valence-electron chi connectivity index (χ1n) is 11.0. The molecule has 8 nitrogen and oxygen atoms in total. The fraction of sp³-hybridized carbons (Fsp3) is 0.773. The number of carbonyl (C=O) groups excluding carboxylic acids is 2. The number of nitrogens with one attached hydrogen (secondary N) is 2. The van der Waals surface area contributed by atoms with Crippen molar-refractivity contribution >= 4 is 17.6 Å². The van der Waals surface area contributed by atoms with E-state index in [9.17, 15) is 9.59 Å². The number of hydrogen-bond acceptors (Lipinski definition) is 5. The van der Waals surface area contributed by atoms with Crippen LogP contribution in [-0.2, 0) is 14.3 Å². The maximum atomic E-state index is 13.0. The van der Waals surface area contributed by atoms with E-state index >= 15 is 0 Å². The predicted molar refractivity (Wildman–Crippen MR) is 115 cm³/mol. The maximum Gasteiger partial charge on any atom is 0.245 e. The molecule has 170 valence electrons. The van der Waals surface area contributed by atoms with Gasteiger partial charge in [0.2, 0.25) is 11.8 Å². The third kappa shape index (κ3) is 9.26. The molecule has 1 aliphatic heterocycles. The Labute approximate surface area is 180 Å². The lowest BCUT2D eigenvalue weighted by Crippen LogP contribution is -3.14. The molecule has 1 aromatic heterocycles. The molecule has 1 aliphatic rings. The largest absolute Gasteiger partial charge is 0.370 e. The zero-order chi connectivity index (χ0) is 22.1. The molecule has 2 heterocycles. The molecule has 0 radical (unpaired) electrons. The first kappa shape index (κ1) is 24.3. The van der Waals surface area contributed by atoms with Gasteiger partial charge in [0.25, 0.3) is 0 Å². The summed E-state index contributed by atoms with van der Waals surface area (Å²) in [5.74, 6) is 1.06. The number of nitrogens with zero attached hydrogens (tertiary/aromatic N) is 2. The monoisotopic (exact) mass is 423 g/mol. The molecule has 0 spiro atoms. The zero-order valence-corrected chi connectivity index (χ0v) is 19.3.